The van der Waals surface area contributed by atoms with Crippen molar-refractivity contribution in [2.75, 3.05) is 46.9 Å². The van der Waals surface area contributed by atoms with E-state index in [1.807, 2.05) is 23.1 Å². The molecule has 4 rings (SSSR count). The number of para-hydroxylation sites is 1. The number of nitrogens with one attached hydrogen (secondary N) is 1. The first kappa shape index (κ1) is 23.0. The molecule has 1 atom stereocenters. The number of carbonyl (C=O) groups is 1. The van der Waals surface area contributed by atoms with Crippen molar-refractivity contribution in [2.45, 2.75) is 19.1 Å². The van der Waals surface area contributed by atoms with Gasteiger partial charge in [-0.1, -0.05) is 12.1 Å². The van der Waals surface area contributed by atoms with Gasteiger partial charge in [-0.15, -0.1) is 0 Å². The molecule has 0 radical (unpaired) electrons. The molecule has 0 aliphatic carbocycles. The zero-order valence-electron chi connectivity index (χ0n) is 18.9. The molecule has 9 heteroatoms. The highest BCUT2D eigenvalue weighted by Gasteiger charge is 2.24. The van der Waals surface area contributed by atoms with Gasteiger partial charge >= 0.3 is 5.76 Å². The third-order valence-corrected chi connectivity index (χ3v) is 6.11. The normalized spacial score (nSPS) is 16.1. The third kappa shape index (κ3) is 5.27. The van der Waals surface area contributed by atoms with Crippen LogP contribution in [-0.2, 0) is 6.42 Å². The van der Waals surface area contributed by atoms with Crippen LogP contribution in [0.5, 0.6) is 11.5 Å². The standard InChI is InChI=1S/C24H29N3O6/c1-31-21-5-3-4-17(23(21)32-2)15-22(29)27-12-10-26(11-13-27)9-8-19(28)16-6-7-20-18(14-16)25-24(30)33-20/h3-7,14,22,29H,8-13,15H2,1-2H3,(H,25,30). The van der Waals surface area contributed by atoms with Crippen molar-refractivity contribution in [2.24, 2.45) is 0 Å². The monoisotopic (exact) mass is 455 g/mol. The fourth-order valence-electron chi connectivity index (χ4n) is 4.25. The van der Waals surface area contributed by atoms with Crippen LogP contribution in [0, 0.1) is 0 Å². The van der Waals surface area contributed by atoms with Gasteiger partial charge in [0.25, 0.3) is 0 Å². The number of fused-ring (bicyclic) bond motifs is 1. The summed E-state index contributed by atoms with van der Waals surface area (Å²) in [4.78, 5) is 30.7. The summed E-state index contributed by atoms with van der Waals surface area (Å²) in [5.41, 5.74) is 2.42. The van der Waals surface area contributed by atoms with E-state index < -0.39 is 12.0 Å². The molecule has 176 valence electrons. The van der Waals surface area contributed by atoms with Crippen molar-refractivity contribution < 1.29 is 23.8 Å². The van der Waals surface area contributed by atoms with Gasteiger partial charge < -0.3 is 23.9 Å². The molecule has 3 aromatic rings. The molecule has 9 nitrogen and oxygen atoms in total. The quantitative estimate of drug-likeness (QED) is 0.471. The number of aromatic amines is 1. The number of aliphatic hydroxyl groups excluding tert-OH is 1. The number of benzene rings is 2. The average Bonchev–Trinajstić information content (AvgIpc) is 3.21. The smallest absolute Gasteiger partial charge is 0.417 e. The van der Waals surface area contributed by atoms with E-state index in [1.165, 1.54) is 0 Å². The van der Waals surface area contributed by atoms with Crippen LogP contribution >= 0.6 is 0 Å². The molecule has 2 N–H and O–H groups in total. The van der Waals surface area contributed by atoms with Crippen LogP contribution in [0.4, 0.5) is 0 Å². The van der Waals surface area contributed by atoms with Gasteiger partial charge in [-0.05, 0) is 24.3 Å². The highest BCUT2D eigenvalue weighted by atomic mass is 16.5. The number of hydrogen-bond donors (Lipinski definition) is 2. The van der Waals surface area contributed by atoms with E-state index in [0.717, 1.165) is 18.7 Å². The molecule has 0 amide bonds. The molecule has 1 aliphatic rings. The van der Waals surface area contributed by atoms with Gasteiger partial charge in [-0.3, -0.25) is 14.7 Å². The minimum atomic E-state index is -0.626. The Bertz CT molecular complexity index is 1160. The van der Waals surface area contributed by atoms with E-state index >= 15 is 0 Å². The SMILES string of the molecule is COc1cccc(CC(O)N2CCN(CCC(=O)c3ccc4oc(=O)[nH]c4c3)CC2)c1OC. The fourth-order valence-corrected chi connectivity index (χ4v) is 4.25. The van der Waals surface area contributed by atoms with E-state index in [1.54, 1.807) is 32.4 Å². The van der Waals surface area contributed by atoms with Crippen molar-refractivity contribution in [3.8, 4) is 11.5 Å². The lowest BCUT2D eigenvalue weighted by atomic mass is 10.1. The van der Waals surface area contributed by atoms with Crippen molar-refractivity contribution in [3.05, 3.63) is 58.1 Å². The number of methoxy groups -OCH3 is 2. The third-order valence-electron chi connectivity index (χ3n) is 6.11. The zero-order chi connectivity index (χ0) is 23.4. The van der Waals surface area contributed by atoms with Crippen LogP contribution in [0.15, 0.2) is 45.6 Å². The van der Waals surface area contributed by atoms with Gasteiger partial charge in [0.05, 0.1) is 19.7 Å². The number of rotatable bonds is 9. The van der Waals surface area contributed by atoms with Gasteiger partial charge in [0.1, 0.15) is 6.23 Å². The Morgan fingerprint density at radius 3 is 2.67 bits per heavy atom. The molecular formula is C24H29N3O6. The highest BCUT2D eigenvalue weighted by Crippen LogP contribution is 2.31. The Hall–Kier alpha value is -3.14. The molecule has 0 saturated carbocycles. The van der Waals surface area contributed by atoms with Crippen molar-refractivity contribution in [1.29, 1.82) is 0 Å². The minimum Gasteiger partial charge on any atom is -0.493 e. The Morgan fingerprint density at radius 2 is 1.94 bits per heavy atom. The number of aliphatic hydroxyl groups is 1. The van der Waals surface area contributed by atoms with Gasteiger partial charge in [-0.2, -0.15) is 0 Å². The molecule has 2 heterocycles. The summed E-state index contributed by atoms with van der Waals surface area (Å²) in [7, 11) is 3.19. The van der Waals surface area contributed by atoms with E-state index in [-0.39, 0.29) is 5.78 Å². The second-order valence-corrected chi connectivity index (χ2v) is 8.11. The number of ether oxygens (including phenoxy) is 2. The molecular weight excluding hydrogens is 426 g/mol. The van der Waals surface area contributed by atoms with E-state index in [2.05, 4.69) is 9.88 Å². The molecule has 1 unspecified atom stereocenters. The fraction of sp³-hybridized carbons (Fsp3) is 0.417. The lowest BCUT2D eigenvalue weighted by Crippen LogP contribution is -2.51. The van der Waals surface area contributed by atoms with Gasteiger partial charge in [0.2, 0.25) is 0 Å². The number of aromatic nitrogens is 1. The average molecular weight is 456 g/mol. The highest BCUT2D eigenvalue weighted by molar-refractivity contribution is 5.98. The summed E-state index contributed by atoms with van der Waals surface area (Å²) in [6.45, 7) is 3.61. The summed E-state index contributed by atoms with van der Waals surface area (Å²) in [6.07, 6.45) is 0.202. The summed E-state index contributed by atoms with van der Waals surface area (Å²) in [6, 6.07) is 10.6. The number of hydrogen-bond acceptors (Lipinski definition) is 8. The number of oxazole rings is 1. The number of ketones is 1. The van der Waals surface area contributed by atoms with E-state index in [0.29, 0.717) is 60.6 Å². The molecule has 1 saturated heterocycles. The topological polar surface area (TPSA) is 108 Å². The molecule has 0 spiro atoms. The van der Waals surface area contributed by atoms with E-state index in [9.17, 15) is 14.7 Å². The molecule has 1 aliphatic heterocycles. The maximum atomic E-state index is 12.6. The maximum Gasteiger partial charge on any atom is 0.417 e. The van der Waals surface area contributed by atoms with E-state index in [4.69, 9.17) is 13.9 Å². The van der Waals surface area contributed by atoms with Crippen molar-refractivity contribution >= 4 is 16.9 Å². The lowest BCUT2D eigenvalue weighted by molar-refractivity contribution is -0.0245. The molecule has 0 bridgehead atoms. The Morgan fingerprint density at radius 1 is 1.15 bits per heavy atom. The van der Waals surface area contributed by atoms with Crippen LogP contribution in [0.1, 0.15) is 22.3 Å². The molecule has 33 heavy (non-hydrogen) atoms. The Kier molecular flexibility index (Phi) is 7.12. The summed E-state index contributed by atoms with van der Waals surface area (Å²) >= 11 is 0. The number of H-pyrrole nitrogens is 1. The first-order chi connectivity index (χ1) is 16.0. The van der Waals surface area contributed by atoms with Crippen LogP contribution in [0.25, 0.3) is 11.1 Å². The summed E-state index contributed by atoms with van der Waals surface area (Å²) in [5, 5.41) is 10.8. The number of carbonyl (C=O) groups excluding carboxylic acids is 1. The molecule has 1 fully saturated rings. The molecule has 1 aromatic heterocycles. The second kappa shape index (κ2) is 10.2. The van der Waals surface area contributed by atoms with Crippen LogP contribution in [0.2, 0.25) is 0 Å². The van der Waals surface area contributed by atoms with Crippen molar-refractivity contribution in [3.63, 3.8) is 0 Å². The summed E-state index contributed by atoms with van der Waals surface area (Å²) < 4.78 is 15.8. The van der Waals surface area contributed by atoms with Gasteiger partial charge in [-0.25, -0.2) is 4.79 Å². The largest absolute Gasteiger partial charge is 0.493 e. The number of Topliss-reactive ketones (excluding diaryl/α,β-unsaturated/α-hetero) is 1. The zero-order valence-corrected chi connectivity index (χ0v) is 18.9. The second-order valence-electron chi connectivity index (χ2n) is 8.11. The van der Waals surface area contributed by atoms with Gasteiger partial charge in [0.15, 0.2) is 22.9 Å². The minimum absolute atomic E-state index is 0.0199. The first-order valence-electron chi connectivity index (χ1n) is 11.0. The lowest BCUT2D eigenvalue weighted by Gasteiger charge is -2.37. The number of nitrogens with zero attached hydrogens (tertiary/aromatic N) is 2. The van der Waals surface area contributed by atoms with Crippen LogP contribution < -0.4 is 15.2 Å². The van der Waals surface area contributed by atoms with Gasteiger partial charge in [0, 0.05) is 56.7 Å². The molecule has 2 aromatic carbocycles. The maximum absolute atomic E-state index is 12.6. The number of piperazine rings is 1. The predicted molar refractivity (Wildman–Crippen MR) is 123 cm³/mol. The summed E-state index contributed by atoms with van der Waals surface area (Å²) in [5.74, 6) is 0.787. The predicted octanol–water partition coefficient (Wildman–Crippen LogP) is 1.89. The first-order valence-corrected chi connectivity index (χ1v) is 11.0. The van der Waals surface area contributed by atoms with Crippen molar-refractivity contribution in [1.82, 2.24) is 14.8 Å². The van der Waals surface area contributed by atoms with Crippen LogP contribution in [0.3, 0.4) is 0 Å². The Balaban J connectivity index is 1.27. The Labute approximate surface area is 191 Å². The van der Waals surface area contributed by atoms with Crippen LogP contribution in [-0.4, -0.2) is 78.8 Å².